The number of nitrogens with zero attached hydrogens (tertiary/aromatic N) is 1. The van der Waals surface area contributed by atoms with Gasteiger partial charge >= 0.3 is 0 Å². The van der Waals surface area contributed by atoms with E-state index in [1.54, 1.807) is 12.1 Å². The van der Waals surface area contributed by atoms with Crippen molar-refractivity contribution in [3.05, 3.63) is 51.6 Å². The molecular formula is C16H12FN3O2S. The number of halogens is 1. The summed E-state index contributed by atoms with van der Waals surface area (Å²) in [5.74, 6) is 1.78. The van der Waals surface area contributed by atoms with E-state index in [9.17, 15) is 14.0 Å². The number of anilines is 1. The minimum absolute atomic E-state index is 0.0675. The van der Waals surface area contributed by atoms with Crippen molar-refractivity contribution in [2.24, 2.45) is 0 Å². The Morgan fingerprint density at radius 2 is 2.26 bits per heavy atom. The number of thioether (sulfide) groups is 1. The van der Waals surface area contributed by atoms with Gasteiger partial charge in [0, 0.05) is 12.3 Å². The third-order valence-corrected chi connectivity index (χ3v) is 4.25. The molecule has 0 fully saturated rings. The van der Waals surface area contributed by atoms with E-state index in [-0.39, 0.29) is 23.7 Å². The summed E-state index contributed by atoms with van der Waals surface area (Å²) in [6.45, 7) is 0. The molecule has 1 aromatic carbocycles. The molecule has 1 atom stereocenters. The maximum absolute atomic E-state index is 13.5. The van der Waals surface area contributed by atoms with Crippen LogP contribution in [0.5, 0.6) is 0 Å². The van der Waals surface area contributed by atoms with Crippen LogP contribution >= 0.6 is 11.8 Å². The lowest BCUT2D eigenvalue weighted by Gasteiger charge is -2.24. The zero-order chi connectivity index (χ0) is 16.4. The zero-order valence-corrected chi connectivity index (χ0v) is 12.7. The first-order valence-electron chi connectivity index (χ1n) is 6.84. The van der Waals surface area contributed by atoms with Gasteiger partial charge < -0.3 is 10.3 Å². The van der Waals surface area contributed by atoms with Crippen molar-refractivity contribution in [2.45, 2.75) is 17.5 Å². The molecule has 1 unspecified atom stereocenters. The standard InChI is InChI=1S/C16H12FN3O2S/c1-2-6-23-16-19-14-13(15(22)20-16)11(8-12(21)18-14)9-4-3-5-10(17)7-9/h1,3-5,7,11H,6,8H2,(H2,18,19,20,21,22). The van der Waals surface area contributed by atoms with Crippen LogP contribution in [0.2, 0.25) is 0 Å². The molecule has 1 amide bonds. The Bertz CT molecular complexity index is 872. The Kier molecular flexibility index (Phi) is 4.17. The van der Waals surface area contributed by atoms with Gasteiger partial charge in [-0.1, -0.05) is 29.8 Å². The normalized spacial score (nSPS) is 16.3. The largest absolute Gasteiger partial charge is 0.310 e. The number of nitrogens with one attached hydrogen (secondary N) is 2. The van der Waals surface area contributed by atoms with Crippen molar-refractivity contribution >= 4 is 23.5 Å². The lowest BCUT2D eigenvalue weighted by molar-refractivity contribution is -0.116. The first-order chi connectivity index (χ1) is 11.1. The van der Waals surface area contributed by atoms with E-state index in [1.165, 1.54) is 23.9 Å². The lowest BCUT2D eigenvalue weighted by atomic mass is 9.87. The van der Waals surface area contributed by atoms with Gasteiger partial charge in [0.05, 0.1) is 11.3 Å². The van der Waals surface area contributed by atoms with Crippen LogP contribution in [0.15, 0.2) is 34.2 Å². The average Bonchev–Trinajstić information content (AvgIpc) is 2.51. The van der Waals surface area contributed by atoms with E-state index in [1.807, 2.05) is 0 Å². The van der Waals surface area contributed by atoms with Crippen molar-refractivity contribution in [3.8, 4) is 12.3 Å². The van der Waals surface area contributed by atoms with Crippen LogP contribution in [0.4, 0.5) is 10.2 Å². The van der Waals surface area contributed by atoms with Crippen molar-refractivity contribution in [1.29, 1.82) is 0 Å². The molecule has 2 N–H and O–H groups in total. The summed E-state index contributed by atoms with van der Waals surface area (Å²) in [5.41, 5.74) is 0.543. The number of carbonyl (C=O) groups excluding carboxylic acids is 1. The second-order valence-electron chi connectivity index (χ2n) is 4.99. The van der Waals surface area contributed by atoms with Gasteiger partial charge in [-0.25, -0.2) is 9.37 Å². The second kappa shape index (κ2) is 6.26. The number of benzene rings is 1. The van der Waals surface area contributed by atoms with Crippen molar-refractivity contribution in [1.82, 2.24) is 9.97 Å². The Hall–Kier alpha value is -2.59. The molecule has 5 nitrogen and oxygen atoms in total. The van der Waals surface area contributed by atoms with Gasteiger partial charge in [0.15, 0.2) is 5.16 Å². The van der Waals surface area contributed by atoms with Crippen molar-refractivity contribution in [3.63, 3.8) is 0 Å². The van der Waals surface area contributed by atoms with Crippen LogP contribution < -0.4 is 10.9 Å². The van der Waals surface area contributed by atoms with E-state index in [0.29, 0.717) is 22.0 Å². The van der Waals surface area contributed by atoms with E-state index in [4.69, 9.17) is 6.42 Å². The van der Waals surface area contributed by atoms with Gasteiger partial charge in [0.2, 0.25) is 5.91 Å². The Balaban J connectivity index is 2.09. The van der Waals surface area contributed by atoms with Crippen LogP contribution in [0, 0.1) is 18.2 Å². The number of amides is 1. The molecule has 1 aliphatic heterocycles. The number of carbonyl (C=O) groups is 1. The van der Waals surface area contributed by atoms with Gasteiger partial charge in [-0.3, -0.25) is 9.59 Å². The van der Waals surface area contributed by atoms with Crippen molar-refractivity contribution < 1.29 is 9.18 Å². The number of aromatic nitrogens is 2. The van der Waals surface area contributed by atoms with E-state index in [0.717, 1.165) is 0 Å². The highest BCUT2D eigenvalue weighted by molar-refractivity contribution is 7.99. The molecule has 0 spiro atoms. The van der Waals surface area contributed by atoms with Crippen LogP contribution in [0.3, 0.4) is 0 Å². The summed E-state index contributed by atoms with van der Waals surface area (Å²) in [6.07, 6.45) is 5.26. The smallest absolute Gasteiger partial charge is 0.257 e. The first kappa shape index (κ1) is 15.3. The fraction of sp³-hybridized carbons (Fsp3) is 0.188. The van der Waals surface area contributed by atoms with E-state index in [2.05, 4.69) is 21.2 Å². The number of terminal acetylenes is 1. The van der Waals surface area contributed by atoms with Crippen LogP contribution in [-0.2, 0) is 4.79 Å². The SMILES string of the molecule is C#CCSc1nc2c(c(=O)[nH]1)C(c1cccc(F)c1)CC(=O)N2. The molecule has 1 aliphatic rings. The maximum atomic E-state index is 13.5. The van der Waals surface area contributed by atoms with Gasteiger partial charge in [-0.15, -0.1) is 6.42 Å². The van der Waals surface area contributed by atoms with Crippen LogP contribution in [-0.4, -0.2) is 21.6 Å². The molecule has 1 aromatic heterocycles. The summed E-state index contributed by atoms with van der Waals surface area (Å²) < 4.78 is 13.5. The minimum Gasteiger partial charge on any atom is -0.310 e. The third-order valence-electron chi connectivity index (χ3n) is 3.47. The highest BCUT2D eigenvalue weighted by Crippen LogP contribution is 2.34. The molecule has 0 saturated carbocycles. The molecule has 116 valence electrons. The molecule has 0 radical (unpaired) electrons. The number of H-pyrrole nitrogens is 1. The topological polar surface area (TPSA) is 74.8 Å². The quantitative estimate of drug-likeness (QED) is 0.514. The molecule has 23 heavy (non-hydrogen) atoms. The predicted molar refractivity (Wildman–Crippen MR) is 85.9 cm³/mol. The lowest BCUT2D eigenvalue weighted by Crippen LogP contribution is -2.31. The molecule has 7 heteroatoms. The molecule has 0 saturated heterocycles. The number of hydrogen-bond acceptors (Lipinski definition) is 4. The average molecular weight is 329 g/mol. The molecule has 3 rings (SSSR count). The summed E-state index contributed by atoms with van der Waals surface area (Å²) in [4.78, 5) is 31.3. The van der Waals surface area contributed by atoms with Crippen molar-refractivity contribution in [2.75, 3.05) is 11.1 Å². The van der Waals surface area contributed by atoms with Gasteiger partial charge in [-0.2, -0.15) is 0 Å². The highest BCUT2D eigenvalue weighted by Gasteiger charge is 2.31. The van der Waals surface area contributed by atoms with Gasteiger partial charge in [0.25, 0.3) is 5.56 Å². The molecule has 2 aromatic rings. The monoisotopic (exact) mass is 329 g/mol. The summed E-state index contributed by atoms with van der Waals surface area (Å²) in [5, 5.41) is 2.94. The third kappa shape index (κ3) is 3.12. The summed E-state index contributed by atoms with van der Waals surface area (Å²) in [7, 11) is 0. The van der Waals surface area contributed by atoms with Gasteiger partial charge in [-0.05, 0) is 17.7 Å². The van der Waals surface area contributed by atoms with Crippen LogP contribution in [0.25, 0.3) is 0 Å². The summed E-state index contributed by atoms with van der Waals surface area (Å²) >= 11 is 1.19. The Morgan fingerprint density at radius 3 is 3.00 bits per heavy atom. The summed E-state index contributed by atoms with van der Waals surface area (Å²) in [6, 6.07) is 5.88. The number of hydrogen-bond donors (Lipinski definition) is 2. The second-order valence-corrected chi connectivity index (χ2v) is 5.95. The molecule has 0 aliphatic carbocycles. The first-order valence-corrected chi connectivity index (χ1v) is 7.83. The van der Waals surface area contributed by atoms with E-state index >= 15 is 0 Å². The molecular weight excluding hydrogens is 317 g/mol. The number of rotatable bonds is 3. The predicted octanol–water partition coefficient (Wildman–Crippen LogP) is 2.11. The zero-order valence-electron chi connectivity index (χ0n) is 11.9. The van der Waals surface area contributed by atoms with E-state index < -0.39 is 11.7 Å². The van der Waals surface area contributed by atoms with Crippen LogP contribution in [0.1, 0.15) is 23.5 Å². The maximum Gasteiger partial charge on any atom is 0.257 e. The minimum atomic E-state index is -0.530. The fourth-order valence-corrected chi connectivity index (χ4v) is 3.08. The molecule has 2 heterocycles. The molecule has 0 bridgehead atoms. The Labute approximate surface area is 135 Å². The Morgan fingerprint density at radius 1 is 1.43 bits per heavy atom. The van der Waals surface area contributed by atoms with Gasteiger partial charge in [0.1, 0.15) is 11.6 Å². The number of aromatic amines is 1. The highest BCUT2D eigenvalue weighted by atomic mass is 32.2. The number of fused-ring (bicyclic) bond motifs is 1. The fourth-order valence-electron chi connectivity index (χ4n) is 2.54.